The molecule has 9 heteroatoms. The second-order valence-corrected chi connectivity index (χ2v) is 5.55. The van der Waals surface area contributed by atoms with Gasteiger partial charge < -0.3 is 15.5 Å². The average Bonchev–Trinajstić information content (AvgIpc) is 2.83. The number of alkyl halides is 3. The lowest BCUT2D eigenvalue weighted by Crippen LogP contribution is -2.37. The molecule has 0 saturated carbocycles. The predicted molar refractivity (Wildman–Crippen MR) is 77.7 cm³/mol. The first-order valence-electron chi connectivity index (χ1n) is 6.97. The van der Waals surface area contributed by atoms with Crippen molar-refractivity contribution in [1.29, 1.82) is 0 Å². The smallest absolute Gasteiger partial charge is 0.323 e. The SMILES string of the molecule is CC(=O)Nc1cccnc1NC(=O)[C@@H]1CN(C)C[C@H]1C(F)(F)F. The first-order chi connectivity index (χ1) is 10.7. The van der Waals surface area contributed by atoms with Crippen LogP contribution in [0.15, 0.2) is 18.3 Å². The normalized spacial score (nSPS) is 22.0. The largest absolute Gasteiger partial charge is 0.393 e. The first kappa shape index (κ1) is 17.2. The Hall–Kier alpha value is -2.16. The highest BCUT2D eigenvalue weighted by Crippen LogP contribution is 2.37. The van der Waals surface area contributed by atoms with Crippen molar-refractivity contribution in [3.05, 3.63) is 18.3 Å². The Labute approximate surface area is 131 Å². The third kappa shape index (κ3) is 4.19. The minimum Gasteiger partial charge on any atom is -0.323 e. The molecule has 2 N–H and O–H groups in total. The summed E-state index contributed by atoms with van der Waals surface area (Å²) in [6, 6.07) is 3.05. The number of halogens is 3. The van der Waals surface area contributed by atoms with Crippen molar-refractivity contribution in [3.63, 3.8) is 0 Å². The quantitative estimate of drug-likeness (QED) is 0.885. The van der Waals surface area contributed by atoms with Crippen LogP contribution in [0.25, 0.3) is 0 Å². The molecule has 126 valence electrons. The van der Waals surface area contributed by atoms with Gasteiger partial charge in [0.15, 0.2) is 5.82 Å². The molecule has 23 heavy (non-hydrogen) atoms. The molecule has 1 aromatic rings. The van der Waals surface area contributed by atoms with Gasteiger partial charge in [0.1, 0.15) is 0 Å². The number of nitrogens with one attached hydrogen (secondary N) is 2. The van der Waals surface area contributed by atoms with Gasteiger partial charge in [-0.05, 0) is 19.2 Å². The Morgan fingerprint density at radius 1 is 1.30 bits per heavy atom. The molecular formula is C14H17F3N4O2. The van der Waals surface area contributed by atoms with Crippen molar-refractivity contribution in [3.8, 4) is 0 Å². The van der Waals surface area contributed by atoms with Crippen molar-refractivity contribution in [2.24, 2.45) is 11.8 Å². The van der Waals surface area contributed by atoms with Gasteiger partial charge in [0.25, 0.3) is 0 Å². The van der Waals surface area contributed by atoms with E-state index < -0.39 is 23.9 Å². The Morgan fingerprint density at radius 3 is 2.61 bits per heavy atom. The van der Waals surface area contributed by atoms with Crippen LogP contribution < -0.4 is 10.6 Å². The number of likely N-dealkylation sites (tertiary alicyclic amines) is 1. The Balaban J connectivity index is 2.17. The van der Waals surface area contributed by atoms with E-state index in [9.17, 15) is 22.8 Å². The van der Waals surface area contributed by atoms with Crippen LogP contribution in [-0.2, 0) is 9.59 Å². The standard InChI is InChI=1S/C14H17F3N4O2/c1-8(22)19-11-4-3-5-18-12(11)20-13(23)9-6-21(2)7-10(9)14(15,16)17/h3-5,9-10H,6-7H2,1-2H3,(H,19,22)(H,18,20,23)/t9-,10-/m1/s1. The van der Waals surface area contributed by atoms with Crippen LogP contribution >= 0.6 is 0 Å². The van der Waals surface area contributed by atoms with Gasteiger partial charge in [0.05, 0.1) is 17.5 Å². The highest BCUT2D eigenvalue weighted by Gasteiger charge is 2.51. The van der Waals surface area contributed by atoms with Crippen molar-refractivity contribution in [2.75, 3.05) is 30.8 Å². The highest BCUT2D eigenvalue weighted by molar-refractivity contribution is 5.98. The molecular weight excluding hydrogens is 313 g/mol. The molecule has 1 saturated heterocycles. The number of hydrogen-bond donors (Lipinski definition) is 2. The molecule has 2 amide bonds. The lowest BCUT2D eigenvalue weighted by Gasteiger charge is -2.21. The maximum absolute atomic E-state index is 13.1. The number of rotatable bonds is 3. The molecule has 2 rings (SSSR count). The number of carbonyl (C=O) groups excluding carboxylic acids is 2. The van der Waals surface area contributed by atoms with Crippen LogP contribution in [0.4, 0.5) is 24.7 Å². The molecule has 2 atom stereocenters. The summed E-state index contributed by atoms with van der Waals surface area (Å²) in [5.74, 6) is -4.04. The van der Waals surface area contributed by atoms with Gasteiger partial charge in [-0.2, -0.15) is 13.2 Å². The summed E-state index contributed by atoms with van der Waals surface area (Å²) >= 11 is 0. The van der Waals surface area contributed by atoms with Gasteiger partial charge >= 0.3 is 6.18 Å². The van der Waals surface area contributed by atoms with Crippen LogP contribution in [0.3, 0.4) is 0 Å². The summed E-state index contributed by atoms with van der Waals surface area (Å²) in [6.45, 7) is 1.07. The molecule has 0 bridgehead atoms. The summed E-state index contributed by atoms with van der Waals surface area (Å²) in [5.41, 5.74) is 0.239. The molecule has 0 aromatic carbocycles. The molecule has 1 aliphatic rings. The number of amides is 2. The third-order valence-corrected chi connectivity index (χ3v) is 3.62. The van der Waals surface area contributed by atoms with Crippen molar-refractivity contribution >= 4 is 23.3 Å². The number of anilines is 2. The maximum Gasteiger partial charge on any atom is 0.393 e. The van der Waals surface area contributed by atoms with Crippen molar-refractivity contribution < 1.29 is 22.8 Å². The molecule has 0 radical (unpaired) electrons. The van der Waals surface area contributed by atoms with Crippen LogP contribution in [0.1, 0.15) is 6.92 Å². The zero-order valence-electron chi connectivity index (χ0n) is 12.6. The number of carbonyl (C=O) groups is 2. The molecule has 0 aliphatic carbocycles. The van der Waals surface area contributed by atoms with Crippen LogP contribution in [0, 0.1) is 11.8 Å². The van der Waals surface area contributed by atoms with E-state index in [1.807, 2.05) is 0 Å². The van der Waals surface area contributed by atoms with Gasteiger partial charge in [-0.1, -0.05) is 0 Å². The zero-order valence-corrected chi connectivity index (χ0v) is 12.6. The van der Waals surface area contributed by atoms with E-state index >= 15 is 0 Å². The number of pyridine rings is 1. The van der Waals surface area contributed by atoms with E-state index in [0.29, 0.717) is 0 Å². The molecule has 6 nitrogen and oxygen atoms in total. The molecule has 0 unspecified atom stereocenters. The number of hydrogen-bond acceptors (Lipinski definition) is 4. The maximum atomic E-state index is 13.1. The predicted octanol–water partition coefficient (Wildman–Crippen LogP) is 1.72. The summed E-state index contributed by atoms with van der Waals surface area (Å²) in [4.78, 5) is 28.8. The van der Waals surface area contributed by atoms with Crippen LogP contribution in [-0.4, -0.2) is 48.0 Å². The van der Waals surface area contributed by atoms with E-state index in [4.69, 9.17) is 0 Å². The molecule has 0 spiro atoms. The number of nitrogens with zero attached hydrogens (tertiary/aromatic N) is 2. The summed E-state index contributed by atoms with van der Waals surface area (Å²) in [6.07, 6.45) is -3.07. The second kappa shape index (κ2) is 6.53. The molecule has 1 aromatic heterocycles. The Bertz CT molecular complexity index is 606. The van der Waals surface area contributed by atoms with E-state index in [-0.39, 0.29) is 30.5 Å². The van der Waals surface area contributed by atoms with E-state index in [0.717, 1.165) is 0 Å². The Morgan fingerprint density at radius 2 is 2.00 bits per heavy atom. The van der Waals surface area contributed by atoms with Crippen molar-refractivity contribution in [1.82, 2.24) is 9.88 Å². The minimum atomic E-state index is -4.45. The third-order valence-electron chi connectivity index (χ3n) is 3.62. The monoisotopic (exact) mass is 330 g/mol. The van der Waals surface area contributed by atoms with Gasteiger partial charge in [-0.3, -0.25) is 9.59 Å². The van der Waals surface area contributed by atoms with Gasteiger partial charge in [-0.15, -0.1) is 0 Å². The lowest BCUT2D eigenvalue weighted by atomic mass is 9.94. The molecule has 2 heterocycles. The average molecular weight is 330 g/mol. The summed E-state index contributed by atoms with van der Waals surface area (Å²) in [7, 11) is 1.54. The van der Waals surface area contributed by atoms with Crippen LogP contribution in [0.2, 0.25) is 0 Å². The van der Waals surface area contributed by atoms with Crippen molar-refractivity contribution in [2.45, 2.75) is 13.1 Å². The minimum absolute atomic E-state index is 0.0122. The fraction of sp³-hybridized carbons (Fsp3) is 0.500. The van der Waals surface area contributed by atoms with E-state index in [2.05, 4.69) is 15.6 Å². The zero-order chi connectivity index (χ0) is 17.2. The number of aromatic nitrogens is 1. The lowest BCUT2D eigenvalue weighted by molar-refractivity contribution is -0.182. The molecule has 1 aliphatic heterocycles. The van der Waals surface area contributed by atoms with Gasteiger partial charge in [0, 0.05) is 26.2 Å². The first-order valence-corrected chi connectivity index (χ1v) is 6.97. The van der Waals surface area contributed by atoms with Gasteiger partial charge in [0.2, 0.25) is 11.8 Å². The fourth-order valence-electron chi connectivity index (χ4n) is 2.60. The Kier molecular flexibility index (Phi) is 4.88. The fourth-order valence-corrected chi connectivity index (χ4v) is 2.60. The highest BCUT2D eigenvalue weighted by atomic mass is 19.4. The summed E-state index contributed by atoms with van der Waals surface area (Å²) in [5, 5.41) is 4.86. The topological polar surface area (TPSA) is 74.3 Å². The van der Waals surface area contributed by atoms with Gasteiger partial charge in [-0.25, -0.2) is 4.98 Å². The second-order valence-electron chi connectivity index (χ2n) is 5.55. The van der Waals surface area contributed by atoms with E-state index in [1.165, 1.54) is 31.1 Å². The van der Waals surface area contributed by atoms with E-state index in [1.54, 1.807) is 6.07 Å². The van der Waals surface area contributed by atoms with Crippen LogP contribution in [0.5, 0.6) is 0 Å². The summed E-state index contributed by atoms with van der Waals surface area (Å²) < 4.78 is 39.2. The molecule has 1 fully saturated rings.